The highest BCUT2D eigenvalue weighted by atomic mass is 32.1. The second-order valence-corrected chi connectivity index (χ2v) is 4.21. The van der Waals surface area contributed by atoms with E-state index in [-0.39, 0.29) is 6.42 Å². The molecule has 0 bridgehead atoms. The molecule has 0 fully saturated rings. The summed E-state index contributed by atoms with van der Waals surface area (Å²) in [7, 11) is 0. The lowest BCUT2D eigenvalue weighted by molar-refractivity contribution is -0.136. The minimum absolute atomic E-state index is 0.0710. The first kappa shape index (κ1) is 10.8. The molecule has 2 aromatic rings. The van der Waals surface area contributed by atoms with E-state index in [4.69, 9.17) is 5.11 Å². The Labute approximate surface area is 96.3 Å². The van der Waals surface area contributed by atoms with Gasteiger partial charge in [0.2, 0.25) is 0 Å². The lowest BCUT2D eigenvalue weighted by Crippen LogP contribution is -2.01. The molecule has 0 unspecified atom stereocenters. The van der Waals surface area contributed by atoms with E-state index in [0.717, 1.165) is 13.0 Å². The Hall–Kier alpha value is -1.69. The van der Waals surface area contributed by atoms with E-state index in [1.54, 1.807) is 22.2 Å². The van der Waals surface area contributed by atoms with Crippen molar-refractivity contribution in [1.29, 1.82) is 0 Å². The number of aliphatic carboxylic acids is 1. The van der Waals surface area contributed by atoms with E-state index in [1.165, 1.54) is 5.56 Å². The van der Waals surface area contributed by atoms with Crippen LogP contribution < -0.4 is 0 Å². The average Bonchev–Trinajstić information content (AvgIpc) is 2.84. The number of hydrogen-bond donors (Lipinski definition) is 1. The molecule has 6 heteroatoms. The van der Waals surface area contributed by atoms with Crippen LogP contribution in [0.1, 0.15) is 11.3 Å². The van der Waals surface area contributed by atoms with Gasteiger partial charge in [-0.05, 0) is 28.8 Å². The second-order valence-electron chi connectivity index (χ2n) is 3.43. The number of carbonyl (C=O) groups is 1. The number of hydrogen-bond acceptors (Lipinski definition) is 4. The molecule has 0 radical (unpaired) electrons. The van der Waals surface area contributed by atoms with E-state index >= 15 is 0 Å². The highest BCUT2D eigenvalue weighted by molar-refractivity contribution is 7.07. The smallest absolute Gasteiger partial charge is 0.309 e. The molecular formula is C10H11N3O2S. The summed E-state index contributed by atoms with van der Waals surface area (Å²) in [5, 5.41) is 20.4. The summed E-state index contributed by atoms with van der Waals surface area (Å²) in [6.07, 6.45) is 2.50. The van der Waals surface area contributed by atoms with Crippen molar-refractivity contribution >= 4 is 17.3 Å². The zero-order valence-electron chi connectivity index (χ0n) is 8.54. The van der Waals surface area contributed by atoms with Gasteiger partial charge in [-0.2, -0.15) is 11.3 Å². The van der Waals surface area contributed by atoms with Crippen LogP contribution in [0.5, 0.6) is 0 Å². The standard InChI is InChI=1S/C10H11N3O2S/c14-10(15)5-9-6-13(12-11-9)3-1-8-2-4-16-7-8/h2,4,6-7H,1,3,5H2,(H,14,15). The van der Waals surface area contributed by atoms with Crippen molar-refractivity contribution in [2.24, 2.45) is 0 Å². The lowest BCUT2D eigenvalue weighted by Gasteiger charge is -1.97. The molecule has 5 nitrogen and oxygen atoms in total. The first-order valence-corrected chi connectivity index (χ1v) is 5.80. The number of aryl methyl sites for hydroxylation is 2. The quantitative estimate of drug-likeness (QED) is 0.848. The molecule has 16 heavy (non-hydrogen) atoms. The van der Waals surface area contributed by atoms with Gasteiger partial charge in [0.15, 0.2) is 0 Å². The molecule has 0 aliphatic rings. The van der Waals surface area contributed by atoms with Crippen LogP contribution in [0.15, 0.2) is 23.0 Å². The first-order valence-electron chi connectivity index (χ1n) is 4.86. The van der Waals surface area contributed by atoms with E-state index in [1.807, 2.05) is 5.38 Å². The molecular weight excluding hydrogens is 226 g/mol. The number of aromatic nitrogens is 3. The molecule has 84 valence electrons. The third-order valence-electron chi connectivity index (χ3n) is 2.13. The van der Waals surface area contributed by atoms with Gasteiger partial charge < -0.3 is 5.11 Å². The van der Waals surface area contributed by atoms with Crippen LogP contribution in [-0.4, -0.2) is 26.1 Å². The molecule has 2 rings (SSSR count). The predicted molar refractivity (Wildman–Crippen MR) is 59.4 cm³/mol. The molecule has 0 saturated heterocycles. The molecule has 2 heterocycles. The van der Waals surface area contributed by atoms with Gasteiger partial charge >= 0.3 is 5.97 Å². The van der Waals surface area contributed by atoms with Crippen LogP contribution in [0.2, 0.25) is 0 Å². The number of carboxylic acids is 1. The summed E-state index contributed by atoms with van der Waals surface area (Å²) in [6.45, 7) is 0.726. The SMILES string of the molecule is O=C(O)Cc1cn(CCc2ccsc2)nn1. The number of rotatable bonds is 5. The highest BCUT2D eigenvalue weighted by Crippen LogP contribution is 2.07. The first-order chi connectivity index (χ1) is 7.74. The molecule has 0 saturated carbocycles. The number of thiophene rings is 1. The largest absolute Gasteiger partial charge is 0.481 e. The summed E-state index contributed by atoms with van der Waals surface area (Å²) in [4.78, 5) is 10.4. The van der Waals surface area contributed by atoms with Crippen molar-refractivity contribution in [3.8, 4) is 0 Å². The molecule has 0 aliphatic heterocycles. The van der Waals surface area contributed by atoms with E-state index < -0.39 is 5.97 Å². The van der Waals surface area contributed by atoms with Gasteiger partial charge in [-0.15, -0.1) is 5.10 Å². The Morgan fingerprint density at radius 1 is 1.56 bits per heavy atom. The number of carboxylic acid groups (broad SMARTS) is 1. The maximum atomic E-state index is 10.4. The van der Waals surface area contributed by atoms with E-state index in [0.29, 0.717) is 5.69 Å². The third-order valence-corrected chi connectivity index (χ3v) is 2.86. The maximum absolute atomic E-state index is 10.4. The van der Waals surface area contributed by atoms with Gasteiger partial charge in [0.05, 0.1) is 12.1 Å². The van der Waals surface area contributed by atoms with Crippen molar-refractivity contribution in [3.05, 3.63) is 34.3 Å². The van der Waals surface area contributed by atoms with Crippen LogP contribution in [0.4, 0.5) is 0 Å². The molecule has 0 aromatic carbocycles. The fourth-order valence-corrected chi connectivity index (χ4v) is 2.07. The molecule has 0 spiro atoms. The Balaban J connectivity index is 1.90. The minimum Gasteiger partial charge on any atom is -0.481 e. The van der Waals surface area contributed by atoms with E-state index in [2.05, 4.69) is 21.8 Å². The van der Waals surface area contributed by atoms with Crippen molar-refractivity contribution in [1.82, 2.24) is 15.0 Å². The van der Waals surface area contributed by atoms with Crippen molar-refractivity contribution in [3.63, 3.8) is 0 Å². The number of nitrogens with zero attached hydrogens (tertiary/aromatic N) is 3. The normalized spacial score (nSPS) is 10.5. The summed E-state index contributed by atoms with van der Waals surface area (Å²) in [5.74, 6) is -0.884. The Morgan fingerprint density at radius 2 is 2.44 bits per heavy atom. The summed E-state index contributed by atoms with van der Waals surface area (Å²) < 4.78 is 1.68. The Morgan fingerprint density at radius 3 is 3.12 bits per heavy atom. The third kappa shape index (κ3) is 2.90. The van der Waals surface area contributed by atoms with Gasteiger partial charge in [0.1, 0.15) is 0 Å². The van der Waals surface area contributed by atoms with Gasteiger partial charge in [0, 0.05) is 12.7 Å². The highest BCUT2D eigenvalue weighted by Gasteiger charge is 2.05. The van der Waals surface area contributed by atoms with Crippen LogP contribution in [-0.2, 0) is 24.2 Å². The minimum atomic E-state index is -0.884. The van der Waals surface area contributed by atoms with Gasteiger partial charge in [0.25, 0.3) is 0 Å². The second kappa shape index (κ2) is 4.89. The molecule has 2 aromatic heterocycles. The molecule has 0 atom stereocenters. The predicted octanol–water partition coefficient (Wildman–Crippen LogP) is 1.21. The summed E-state index contributed by atoms with van der Waals surface area (Å²) in [5.41, 5.74) is 1.76. The topological polar surface area (TPSA) is 68.0 Å². The van der Waals surface area contributed by atoms with Crippen molar-refractivity contribution in [2.75, 3.05) is 0 Å². The van der Waals surface area contributed by atoms with Gasteiger partial charge in [-0.25, -0.2) is 0 Å². The summed E-state index contributed by atoms with van der Waals surface area (Å²) >= 11 is 1.67. The zero-order valence-corrected chi connectivity index (χ0v) is 9.35. The Kier molecular flexibility index (Phi) is 3.31. The van der Waals surface area contributed by atoms with Gasteiger partial charge in [-0.1, -0.05) is 5.21 Å². The average molecular weight is 237 g/mol. The van der Waals surface area contributed by atoms with Crippen molar-refractivity contribution < 1.29 is 9.90 Å². The molecule has 0 amide bonds. The lowest BCUT2D eigenvalue weighted by atomic mass is 10.2. The summed E-state index contributed by atoms with van der Waals surface area (Å²) in [6, 6.07) is 2.07. The van der Waals surface area contributed by atoms with E-state index in [9.17, 15) is 4.79 Å². The van der Waals surface area contributed by atoms with Crippen LogP contribution in [0.25, 0.3) is 0 Å². The van der Waals surface area contributed by atoms with Gasteiger partial charge in [-0.3, -0.25) is 9.48 Å². The molecule has 1 N–H and O–H groups in total. The zero-order chi connectivity index (χ0) is 11.4. The monoisotopic (exact) mass is 237 g/mol. The fourth-order valence-electron chi connectivity index (χ4n) is 1.36. The van der Waals surface area contributed by atoms with Crippen LogP contribution >= 0.6 is 11.3 Å². The fraction of sp³-hybridized carbons (Fsp3) is 0.300. The van der Waals surface area contributed by atoms with Crippen molar-refractivity contribution in [2.45, 2.75) is 19.4 Å². The Bertz CT molecular complexity index is 464. The maximum Gasteiger partial charge on any atom is 0.309 e. The molecule has 0 aliphatic carbocycles. The van der Waals surface area contributed by atoms with Crippen LogP contribution in [0.3, 0.4) is 0 Å². The van der Waals surface area contributed by atoms with Crippen LogP contribution in [0, 0.1) is 0 Å².